The molecule has 2 heterocycles. The second-order valence-corrected chi connectivity index (χ2v) is 8.82. The molecule has 0 saturated heterocycles. The number of phenols is 1. The number of nitrogens with zero attached hydrogens (tertiary/aromatic N) is 2. The van der Waals surface area contributed by atoms with Crippen LogP contribution in [0.3, 0.4) is 0 Å². The molecule has 1 aliphatic carbocycles. The molecule has 1 atom stereocenters. The lowest BCUT2D eigenvalue weighted by atomic mass is 9.94. The molecule has 4 rings (SSSR count). The van der Waals surface area contributed by atoms with Gasteiger partial charge < -0.3 is 15.3 Å². The summed E-state index contributed by atoms with van der Waals surface area (Å²) in [5, 5.41) is 14.6. The van der Waals surface area contributed by atoms with Crippen molar-refractivity contribution in [2.45, 2.75) is 37.6 Å². The maximum atomic E-state index is 13.0. The van der Waals surface area contributed by atoms with E-state index in [1.165, 1.54) is 28.7 Å². The summed E-state index contributed by atoms with van der Waals surface area (Å²) < 4.78 is 0. The smallest absolute Gasteiger partial charge is 0.251 e. The number of rotatable bonds is 6. The Bertz CT molecular complexity index is 894. The van der Waals surface area contributed by atoms with Crippen molar-refractivity contribution < 1.29 is 14.7 Å². The fourth-order valence-electron chi connectivity index (χ4n) is 3.65. The third-order valence-corrected chi connectivity index (χ3v) is 6.92. The summed E-state index contributed by atoms with van der Waals surface area (Å²) >= 11 is 2.88. The van der Waals surface area contributed by atoms with E-state index in [2.05, 4.69) is 10.3 Å². The zero-order valence-electron chi connectivity index (χ0n) is 15.3. The fraction of sp³-hybridized carbons (Fsp3) is 0.350. The summed E-state index contributed by atoms with van der Waals surface area (Å²) in [4.78, 5) is 31.3. The summed E-state index contributed by atoms with van der Waals surface area (Å²) in [6, 6.07) is 6.92. The van der Waals surface area contributed by atoms with Crippen LogP contribution in [0.15, 0.2) is 47.0 Å². The molecule has 2 aliphatic rings. The van der Waals surface area contributed by atoms with Crippen LogP contribution < -0.4 is 5.32 Å². The van der Waals surface area contributed by atoms with Crippen LogP contribution >= 0.6 is 23.1 Å². The van der Waals surface area contributed by atoms with Crippen LogP contribution in [0.5, 0.6) is 5.75 Å². The van der Waals surface area contributed by atoms with Crippen LogP contribution in [0.2, 0.25) is 0 Å². The van der Waals surface area contributed by atoms with Crippen molar-refractivity contribution in [2.24, 2.45) is 0 Å². The molecule has 1 aromatic heterocycles. The average Bonchev–Trinajstić information content (AvgIpc) is 3.29. The van der Waals surface area contributed by atoms with Crippen LogP contribution in [0, 0.1) is 0 Å². The number of phenolic OH excluding ortho intramolecular Hbond substituents is 1. The molecule has 8 heteroatoms. The standard InChI is InChI=1S/C20H21N3O3S2/c24-14-7-5-13(6-8-14)11-23-18(26)15-3-1-2-4-16(15)19(23)28-12-17(25)22-20-21-9-10-27-20/h5-10,19,24H,1-4,11-12H2,(H,21,22,25). The molecule has 2 amide bonds. The van der Waals surface area contributed by atoms with E-state index in [4.69, 9.17) is 0 Å². The minimum Gasteiger partial charge on any atom is -0.508 e. The molecule has 0 fully saturated rings. The lowest BCUT2D eigenvalue weighted by molar-refractivity contribution is -0.126. The highest BCUT2D eigenvalue weighted by molar-refractivity contribution is 8.00. The lowest BCUT2D eigenvalue weighted by Crippen LogP contribution is -2.34. The fourth-order valence-corrected chi connectivity index (χ4v) is 5.39. The van der Waals surface area contributed by atoms with Crippen LogP contribution in [0.4, 0.5) is 5.13 Å². The normalized spacial score (nSPS) is 19.1. The minimum atomic E-state index is -0.112. The number of carbonyl (C=O) groups is 2. The topological polar surface area (TPSA) is 82.5 Å². The predicted molar refractivity (Wildman–Crippen MR) is 111 cm³/mol. The Kier molecular flexibility index (Phi) is 5.68. The maximum Gasteiger partial charge on any atom is 0.251 e. The second kappa shape index (κ2) is 8.36. The first-order valence-electron chi connectivity index (χ1n) is 9.23. The Morgan fingerprint density at radius 3 is 2.82 bits per heavy atom. The van der Waals surface area contributed by atoms with Gasteiger partial charge in [0.1, 0.15) is 11.1 Å². The van der Waals surface area contributed by atoms with Gasteiger partial charge in [0, 0.05) is 23.7 Å². The predicted octanol–water partition coefficient (Wildman–Crippen LogP) is 3.76. The highest BCUT2D eigenvalue weighted by atomic mass is 32.2. The number of hydrogen-bond donors (Lipinski definition) is 2. The van der Waals surface area contributed by atoms with Gasteiger partial charge in [-0.2, -0.15) is 0 Å². The highest BCUT2D eigenvalue weighted by Gasteiger charge is 2.40. The molecule has 28 heavy (non-hydrogen) atoms. The third-order valence-electron chi connectivity index (χ3n) is 4.95. The van der Waals surface area contributed by atoms with Crippen molar-refractivity contribution in [3.8, 4) is 5.75 Å². The molecule has 0 spiro atoms. The van der Waals surface area contributed by atoms with E-state index in [-0.39, 0.29) is 28.7 Å². The lowest BCUT2D eigenvalue weighted by Gasteiger charge is -2.27. The van der Waals surface area contributed by atoms with Crippen LogP contribution in [-0.2, 0) is 16.1 Å². The first-order valence-corrected chi connectivity index (χ1v) is 11.2. The maximum absolute atomic E-state index is 13.0. The summed E-state index contributed by atoms with van der Waals surface area (Å²) in [6.07, 6.45) is 5.52. The molecule has 1 aromatic carbocycles. The van der Waals surface area contributed by atoms with Gasteiger partial charge in [-0.3, -0.25) is 9.59 Å². The van der Waals surface area contributed by atoms with E-state index in [0.29, 0.717) is 11.7 Å². The van der Waals surface area contributed by atoms with Crippen molar-refractivity contribution in [2.75, 3.05) is 11.1 Å². The molecule has 6 nitrogen and oxygen atoms in total. The number of benzene rings is 1. The number of aromatic hydroxyl groups is 1. The third kappa shape index (κ3) is 4.07. The summed E-state index contributed by atoms with van der Waals surface area (Å²) in [5.41, 5.74) is 3.08. The molecule has 0 saturated carbocycles. The van der Waals surface area contributed by atoms with Crippen molar-refractivity contribution >= 4 is 40.0 Å². The van der Waals surface area contributed by atoms with Crippen molar-refractivity contribution in [3.63, 3.8) is 0 Å². The molecular weight excluding hydrogens is 394 g/mol. The molecule has 2 N–H and O–H groups in total. The van der Waals surface area contributed by atoms with E-state index in [1.807, 2.05) is 22.4 Å². The first-order chi connectivity index (χ1) is 13.6. The van der Waals surface area contributed by atoms with Crippen LogP contribution in [0.1, 0.15) is 31.2 Å². The van der Waals surface area contributed by atoms with Gasteiger partial charge in [0.25, 0.3) is 5.91 Å². The summed E-state index contributed by atoms with van der Waals surface area (Å²) in [5.74, 6) is 0.446. The van der Waals surface area contributed by atoms with Gasteiger partial charge in [-0.05, 0) is 49.0 Å². The van der Waals surface area contributed by atoms with E-state index in [1.54, 1.807) is 18.3 Å². The number of carbonyl (C=O) groups excluding carboxylic acids is 2. The van der Waals surface area contributed by atoms with Gasteiger partial charge in [-0.25, -0.2) is 4.98 Å². The first kappa shape index (κ1) is 19.0. The molecule has 2 aromatic rings. The molecule has 1 aliphatic heterocycles. The van der Waals surface area contributed by atoms with Gasteiger partial charge in [0.2, 0.25) is 5.91 Å². The molecule has 0 radical (unpaired) electrons. The van der Waals surface area contributed by atoms with E-state index in [0.717, 1.165) is 36.8 Å². The summed E-state index contributed by atoms with van der Waals surface area (Å²) in [6.45, 7) is 0.470. The number of nitrogens with one attached hydrogen (secondary N) is 1. The minimum absolute atomic E-state index is 0.0839. The molecule has 0 bridgehead atoms. The van der Waals surface area contributed by atoms with Crippen molar-refractivity contribution in [1.82, 2.24) is 9.88 Å². The number of aromatic nitrogens is 1. The SMILES string of the molecule is O=C(CSC1C2=C(CCCC2)C(=O)N1Cc1ccc(O)cc1)Nc1nccs1. The number of thiazole rings is 1. The van der Waals surface area contributed by atoms with Gasteiger partial charge in [0.05, 0.1) is 5.75 Å². The van der Waals surface area contributed by atoms with E-state index in [9.17, 15) is 14.7 Å². The van der Waals surface area contributed by atoms with Crippen LogP contribution in [-0.4, -0.2) is 37.9 Å². The number of anilines is 1. The largest absolute Gasteiger partial charge is 0.508 e. The Morgan fingerprint density at radius 2 is 2.07 bits per heavy atom. The Morgan fingerprint density at radius 1 is 1.29 bits per heavy atom. The van der Waals surface area contributed by atoms with Gasteiger partial charge in [-0.15, -0.1) is 23.1 Å². The van der Waals surface area contributed by atoms with Gasteiger partial charge in [0.15, 0.2) is 5.13 Å². The van der Waals surface area contributed by atoms with Gasteiger partial charge >= 0.3 is 0 Å². The molecular formula is C20H21N3O3S2. The van der Waals surface area contributed by atoms with Crippen molar-refractivity contribution in [1.29, 1.82) is 0 Å². The zero-order valence-corrected chi connectivity index (χ0v) is 16.9. The molecule has 146 valence electrons. The second-order valence-electron chi connectivity index (χ2n) is 6.86. The van der Waals surface area contributed by atoms with Gasteiger partial charge in [-0.1, -0.05) is 12.1 Å². The zero-order chi connectivity index (χ0) is 19.5. The van der Waals surface area contributed by atoms with E-state index >= 15 is 0 Å². The quantitative estimate of drug-likeness (QED) is 0.751. The number of hydrogen-bond acceptors (Lipinski definition) is 6. The highest BCUT2D eigenvalue weighted by Crippen LogP contribution is 2.41. The number of amides is 2. The average molecular weight is 416 g/mol. The van der Waals surface area contributed by atoms with E-state index < -0.39 is 0 Å². The Hall–Kier alpha value is -2.32. The van der Waals surface area contributed by atoms with Crippen molar-refractivity contribution in [3.05, 3.63) is 52.6 Å². The Balaban J connectivity index is 1.48. The van der Waals surface area contributed by atoms with Crippen LogP contribution in [0.25, 0.3) is 0 Å². The monoisotopic (exact) mass is 415 g/mol. The number of thioether (sulfide) groups is 1. The Labute approximate surface area is 171 Å². The molecule has 1 unspecified atom stereocenters. The summed E-state index contributed by atoms with van der Waals surface area (Å²) in [7, 11) is 0.